The standard InChI is InChI=1S/C13H12ClFN2O/c14-10-4-1-8(5-11(10)15)13-12(17-7-18-13)6-16-9-2-3-9/h1,4-5,7,9,16H,2-3,6H2. The number of hydrogen-bond acceptors (Lipinski definition) is 3. The van der Waals surface area contributed by atoms with E-state index in [0.29, 0.717) is 23.9 Å². The topological polar surface area (TPSA) is 38.1 Å². The first-order chi connectivity index (χ1) is 8.74. The second-order valence-corrected chi connectivity index (χ2v) is 4.82. The molecule has 1 saturated carbocycles. The molecule has 0 bridgehead atoms. The highest BCUT2D eigenvalue weighted by Gasteiger charge is 2.21. The first-order valence-electron chi connectivity index (χ1n) is 5.85. The lowest BCUT2D eigenvalue weighted by Gasteiger charge is -2.03. The van der Waals surface area contributed by atoms with Crippen LogP contribution in [-0.2, 0) is 6.54 Å². The van der Waals surface area contributed by atoms with Crippen molar-refractivity contribution < 1.29 is 8.81 Å². The zero-order valence-corrected chi connectivity index (χ0v) is 10.4. The molecule has 3 nitrogen and oxygen atoms in total. The molecule has 1 fully saturated rings. The van der Waals surface area contributed by atoms with E-state index < -0.39 is 5.82 Å². The monoisotopic (exact) mass is 266 g/mol. The fourth-order valence-corrected chi connectivity index (χ4v) is 1.91. The normalized spacial score (nSPS) is 15.0. The Morgan fingerprint density at radius 2 is 2.28 bits per heavy atom. The van der Waals surface area contributed by atoms with Crippen molar-refractivity contribution in [1.82, 2.24) is 10.3 Å². The summed E-state index contributed by atoms with van der Waals surface area (Å²) in [7, 11) is 0. The minimum Gasteiger partial charge on any atom is -0.443 e. The summed E-state index contributed by atoms with van der Waals surface area (Å²) in [6.07, 6.45) is 3.80. The molecule has 0 radical (unpaired) electrons. The third-order valence-electron chi connectivity index (χ3n) is 2.96. The third kappa shape index (κ3) is 2.40. The van der Waals surface area contributed by atoms with Crippen molar-refractivity contribution in [1.29, 1.82) is 0 Å². The summed E-state index contributed by atoms with van der Waals surface area (Å²) in [6, 6.07) is 5.21. The molecular formula is C13H12ClFN2O. The molecule has 94 valence electrons. The van der Waals surface area contributed by atoms with Crippen molar-refractivity contribution in [2.75, 3.05) is 0 Å². The van der Waals surface area contributed by atoms with Gasteiger partial charge >= 0.3 is 0 Å². The van der Waals surface area contributed by atoms with E-state index >= 15 is 0 Å². The average molecular weight is 267 g/mol. The molecule has 0 unspecified atom stereocenters. The Labute approximate surface area is 109 Å². The van der Waals surface area contributed by atoms with Crippen LogP contribution in [0.15, 0.2) is 29.0 Å². The van der Waals surface area contributed by atoms with E-state index in [0.717, 1.165) is 5.69 Å². The van der Waals surface area contributed by atoms with Gasteiger partial charge in [0.15, 0.2) is 12.2 Å². The molecule has 1 aromatic heterocycles. The van der Waals surface area contributed by atoms with Crippen molar-refractivity contribution in [3.63, 3.8) is 0 Å². The number of nitrogens with zero attached hydrogens (tertiary/aromatic N) is 1. The van der Waals surface area contributed by atoms with E-state index in [1.165, 1.54) is 31.4 Å². The SMILES string of the molecule is Fc1cc(-c2ocnc2CNC2CC2)ccc1Cl. The van der Waals surface area contributed by atoms with Crippen molar-refractivity contribution in [3.05, 3.63) is 41.1 Å². The van der Waals surface area contributed by atoms with Gasteiger partial charge < -0.3 is 9.73 Å². The number of halogens is 2. The van der Waals surface area contributed by atoms with Gasteiger partial charge in [-0.2, -0.15) is 0 Å². The number of hydrogen-bond donors (Lipinski definition) is 1. The molecule has 0 amide bonds. The molecule has 18 heavy (non-hydrogen) atoms. The van der Waals surface area contributed by atoms with Gasteiger partial charge in [-0.15, -0.1) is 0 Å². The second-order valence-electron chi connectivity index (χ2n) is 4.41. The van der Waals surface area contributed by atoms with E-state index in [1.807, 2.05) is 0 Å². The van der Waals surface area contributed by atoms with Crippen LogP contribution in [0.1, 0.15) is 18.5 Å². The van der Waals surface area contributed by atoms with Crippen LogP contribution in [0.5, 0.6) is 0 Å². The summed E-state index contributed by atoms with van der Waals surface area (Å²) < 4.78 is 18.8. The van der Waals surface area contributed by atoms with E-state index in [1.54, 1.807) is 6.07 Å². The smallest absolute Gasteiger partial charge is 0.181 e. The fourth-order valence-electron chi connectivity index (χ4n) is 1.80. The highest BCUT2D eigenvalue weighted by molar-refractivity contribution is 6.30. The van der Waals surface area contributed by atoms with Gasteiger partial charge in [-0.1, -0.05) is 11.6 Å². The molecule has 1 aliphatic rings. The second kappa shape index (κ2) is 4.71. The van der Waals surface area contributed by atoms with Crippen LogP contribution in [0.4, 0.5) is 4.39 Å². The highest BCUT2D eigenvalue weighted by atomic mass is 35.5. The van der Waals surface area contributed by atoms with Crippen molar-refractivity contribution >= 4 is 11.6 Å². The summed E-state index contributed by atoms with van der Waals surface area (Å²) in [5, 5.41) is 3.46. The Hall–Kier alpha value is -1.39. The van der Waals surface area contributed by atoms with Gasteiger partial charge in [0.25, 0.3) is 0 Å². The molecule has 2 aromatic rings. The molecular weight excluding hydrogens is 255 g/mol. The summed E-state index contributed by atoms with van der Waals surface area (Å²) in [5.41, 5.74) is 1.45. The lowest BCUT2D eigenvalue weighted by molar-refractivity contribution is 0.567. The predicted octanol–water partition coefficient (Wildman–Crippen LogP) is 3.39. The van der Waals surface area contributed by atoms with Crippen LogP contribution < -0.4 is 5.32 Å². The molecule has 1 heterocycles. The summed E-state index contributed by atoms with van der Waals surface area (Å²) >= 11 is 5.66. The average Bonchev–Trinajstić information content (AvgIpc) is 3.08. The van der Waals surface area contributed by atoms with Crippen molar-refractivity contribution in [3.8, 4) is 11.3 Å². The van der Waals surface area contributed by atoms with Crippen LogP contribution in [0.3, 0.4) is 0 Å². The van der Waals surface area contributed by atoms with Crippen molar-refractivity contribution in [2.45, 2.75) is 25.4 Å². The summed E-state index contributed by atoms with van der Waals surface area (Å²) in [4.78, 5) is 4.16. The maximum atomic E-state index is 13.4. The first-order valence-corrected chi connectivity index (χ1v) is 6.23. The Balaban J connectivity index is 1.85. The number of rotatable bonds is 4. The lowest BCUT2D eigenvalue weighted by atomic mass is 10.1. The van der Waals surface area contributed by atoms with Gasteiger partial charge in [-0.3, -0.25) is 0 Å². The predicted molar refractivity (Wildman–Crippen MR) is 66.8 cm³/mol. The quantitative estimate of drug-likeness (QED) is 0.922. The van der Waals surface area contributed by atoms with Gasteiger partial charge in [0, 0.05) is 18.2 Å². The number of oxazole rings is 1. The van der Waals surface area contributed by atoms with Crippen LogP contribution >= 0.6 is 11.6 Å². The molecule has 0 atom stereocenters. The highest BCUT2D eigenvalue weighted by Crippen LogP contribution is 2.27. The maximum absolute atomic E-state index is 13.4. The van der Waals surface area contributed by atoms with Crippen LogP contribution in [0, 0.1) is 5.82 Å². The Morgan fingerprint density at radius 1 is 1.44 bits per heavy atom. The van der Waals surface area contributed by atoms with Crippen LogP contribution in [0.2, 0.25) is 5.02 Å². The summed E-state index contributed by atoms with van der Waals surface area (Å²) in [5.74, 6) is 0.144. The fraction of sp³-hybridized carbons (Fsp3) is 0.308. The zero-order chi connectivity index (χ0) is 12.5. The minimum atomic E-state index is -0.452. The van der Waals surface area contributed by atoms with Crippen LogP contribution in [0.25, 0.3) is 11.3 Å². The molecule has 0 aliphatic heterocycles. The molecule has 0 spiro atoms. The number of aromatic nitrogens is 1. The molecule has 0 saturated heterocycles. The molecule has 1 aliphatic carbocycles. The Morgan fingerprint density at radius 3 is 3.00 bits per heavy atom. The maximum Gasteiger partial charge on any atom is 0.181 e. The summed E-state index contributed by atoms with van der Waals surface area (Å²) in [6.45, 7) is 0.640. The third-order valence-corrected chi connectivity index (χ3v) is 3.27. The van der Waals surface area contributed by atoms with E-state index in [4.69, 9.17) is 16.0 Å². The Kier molecular flexibility index (Phi) is 3.06. The van der Waals surface area contributed by atoms with E-state index in [9.17, 15) is 4.39 Å². The minimum absolute atomic E-state index is 0.107. The van der Waals surface area contributed by atoms with E-state index in [-0.39, 0.29) is 5.02 Å². The molecule has 1 aromatic carbocycles. The molecule has 5 heteroatoms. The van der Waals surface area contributed by atoms with Crippen LogP contribution in [-0.4, -0.2) is 11.0 Å². The van der Waals surface area contributed by atoms with Crippen molar-refractivity contribution in [2.24, 2.45) is 0 Å². The largest absolute Gasteiger partial charge is 0.443 e. The Bertz CT molecular complexity index is 566. The number of nitrogens with one attached hydrogen (secondary N) is 1. The molecule has 3 rings (SSSR count). The lowest BCUT2D eigenvalue weighted by Crippen LogP contribution is -2.15. The zero-order valence-electron chi connectivity index (χ0n) is 9.62. The van der Waals surface area contributed by atoms with E-state index in [2.05, 4.69) is 10.3 Å². The molecule has 1 N–H and O–H groups in total. The van der Waals surface area contributed by atoms with Gasteiger partial charge in [0.05, 0.1) is 5.02 Å². The van der Waals surface area contributed by atoms with Gasteiger partial charge in [-0.25, -0.2) is 9.37 Å². The van der Waals surface area contributed by atoms with Gasteiger partial charge in [-0.05, 0) is 31.0 Å². The van der Waals surface area contributed by atoms with Gasteiger partial charge in [0.2, 0.25) is 0 Å². The first kappa shape index (κ1) is 11.7. The van der Waals surface area contributed by atoms with Gasteiger partial charge in [0.1, 0.15) is 11.5 Å². The number of benzene rings is 1.